The van der Waals surface area contributed by atoms with E-state index in [1.807, 2.05) is 30.3 Å². The first-order valence-electron chi connectivity index (χ1n) is 10.7. The third kappa shape index (κ3) is 9.12. The molecule has 0 radical (unpaired) electrons. The van der Waals surface area contributed by atoms with Gasteiger partial charge in [0.15, 0.2) is 0 Å². The molecule has 2 amide bonds. The van der Waals surface area contributed by atoms with Crippen LogP contribution in [0.15, 0.2) is 60.7 Å². The van der Waals surface area contributed by atoms with E-state index in [2.05, 4.69) is 16.0 Å². The van der Waals surface area contributed by atoms with Crippen LogP contribution in [0.2, 0.25) is 0 Å². The van der Waals surface area contributed by atoms with Crippen molar-refractivity contribution in [3.8, 4) is 0 Å². The number of rotatable bonds is 13. The Bertz CT molecular complexity index is 936. The van der Waals surface area contributed by atoms with E-state index in [1.54, 1.807) is 30.3 Å². The summed E-state index contributed by atoms with van der Waals surface area (Å²) < 4.78 is 0. The molecule has 0 bridgehead atoms. The number of aryl methyl sites for hydroxylation is 1. The number of carbonyl (C=O) groups excluding carboxylic acids is 2. The van der Waals surface area contributed by atoms with Gasteiger partial charge in [-0.1, -0.05) is 48.5 Å². The van der Waals surface area contributed by atoms with Crippen LogP contribution in [0.25, 0.3) is 0 Å². The van der Waals surface area contributed by atoms with Gasteiger partial charge in [0.1, 0.15) is 12.1 Å². The SMILES string of the molecule is C[C@@H](N[C@@H](CCc1ccccc1)C(=O)N[C@@H](CCC(=O)O)C(=O)Nc1ccccc1)C(=O)O. The van der Waals surface area contributed by atoms with Crippen molar-refractivity contribution in [2.45, 2.75) is 50.7 Å². The Morgan fingerprint density at radius 1 is 0.818 bits per heavy atom. The highest BCUT2D eigenvalue weighted by Gasteiger charge is 2.28. The molecule has 2 rings (SSSR count). The van der Waals surface area contributed by atoms with E-state index in [0.29, 0.717) is 18.5 Å². The molecule has 0 spiro atoms. The fraction of sp³-hybridized carbons (Fsp3) is 0.333. The summed E-state index contributed by atoms with van der Waals surface area (Å²) in [6, 6.07) is 15.0. The van der Waals surface area contributed by atoms with Crippen LogP contribution in [0, 0.1) is 0 Å². The Kier molecular flexibility index (Phi) is 10.0. The summed E-state index contributed by atoms with van der Waals surface area (Å²) in [7, 11) is 0. The Morgan fingerprint density at radius 2 is 1.42 bits per heavy atom. The van der Waals surface area contributed by atoms with Crippen molar-refractivity contribution >= 4 is 29.4 Å². The summed E-state index contributed by atoms with van der Waals surface area (Å²) in [5.41, 5.74) is 1.49. The zero-order valence-electron chi connectivity index (χ0n) is 18.4. The molecule has 0 aliphatic heterocycles. The normalized spacial score (nSPS) is 13.4. The van der Waals surface area contributed by atoms with Crippen LogP contribution in [-0.4, -0.2) is 52.1 Å². The van der Waals surface area contributed by atoms with E-state index in [-0.39, 0.29) is 12.8 Å². The van der Waals surface area contributed by atoms with E-state index in [9.17, 15) is 24.3 Å². The molecular weight excluding hydrogens is 426 g/mol. The summed E-state index contributed by atoms with van der Waals surface area (Å²) in [6.07, 6.45) is 0.369. The fourth-order valence-corrected chi connectivity index (χ4v) is 3.18. The quantitative estimate of drug-likeness (QED) is 0.311. The lowest BCUT2D eigenvalue weighted by molar-refractivity contribution is -0.140. The monoisotopic (exact) mass is 455 g/mol. The smallest absolute Gasteiger partial charge is 0.320 e. The Hall–Kier alpha value is -3.72. The second kappa shape index (κ2) is 13.0. The number of para-hydroxylation sites is 1. The molecular formula is C24H29N3O6. The van der Waals surface area contributed by atoms with Gasteiger partial charge in [-0.05, 0) is 43.9 Å². The topological polar surface area (TPSA) is 145 Å². The van der Waals surface area contributed by atoms with Gasteiger partial charge >= 0.3 is 11.9 Å². The number of carboxylic acids is 2. The number of aliphatic carboxylic acids is 2. The molecule has 0 saturated carbocycles. The molecule has 176 valence electrons. The maximum absolute atomic E-state index is 13.0. The summed E-state index contributed by atoms with van der Waals surface area (Å²) in [5.74, 6) is -3.33. The summed E-state index contributed by atoms with van der Waals surface area (Å²) in [5, 5.41) is 26.4. The molecule has 33 heavy (non-hydrogen) atoms. The number of carboxylic acid groups (broad SMARTS) is 2. The minimum absolute atomic E-state index is 0.111. The molecule has 0 heterocycles. The molecule has 0 aliphatic rings. The third-order valence-electron chi connectivity index (χ3n) is 5.02. The second-order valence-corrected chi connectivity index (χ2v) is 7.65. The number of amides is 2. The van der Waals surface area contributed by atoms with Crippen LogP contribution < -0.4 is 16.0 Å². The minimum atomic E-state index is -1.11. The molecule has 0 aliphatic carbocycles. The molecule has 0 unspecified atom stereocenters. The third-order valence-corrected chi connectivity index (χ3v) is 5.02. The van der Waals surface area contributed by atoms with Gasteiger partial charge in [0.05, 0.1) is 6.04 Å². The van der Waals surface area contributed by atoms with E-state index in [0.717, 1.165) is 5.56 Å². The summed E-state index contributed by atoms with van der Waals surface area (Å²) in [4.78, 5) is 48.2. The first-order chi connectivity index (χ1) is 15.8. The van der Waals surface area contributed by atoms with Crippen LogP contribution in [-0.2, 0) is 25.6 Å². The number of carbonyl (C=O) groups is 4. The predicted molar refractivity (Wildman–Crippen MR) is 123 cm³/mol. The van der Waals surface area contributed by atoms with E-state index in [4.69, 9.17) is 5.11 Å². The van der Waals surface area contributed by atoms with Gasteiger partial charge in [-0.2, -0.15) is 0 Å². The molecule has 2 aromatic carbocycles. The Labute approximate surface area is 192 Å². The lowest BCUT2D eigenvalue weighted by atomic mass is 10.0. The predicted octanol–water partition coefficient (Wildman–Crippen LogP) is 2.04. The van der Waals surface area contributed by atoms with Gasteiger partial charge in [0, 0.05) is 12.1 Å². The van der Waals surface area contributed by atoms with Gasteiger partial charge in [-0.25, -0.2) is 0 Å². The van der Waals surface area contributed by atoms with Crippen LogP contribution >= 0.6 is 0 Å². The summed E-state index contributed by atoms with van der Waals surface area (Å²) in [6.45, 7) is 1.43. The number of nitrogens with one attached hydrogen (secondary N) is 3. The second-order valence-electron chi connectivity index (χ2n) is 7.65. The number of hydrogen-bond donors (Lipinski definition) is 5. The highest BCUT2D eigenvalue weighted by atomic mass is 16.4. The van der Waals surface area contributed by atoms with E-state index < -0.39 is 41.9 Å². The first kappa shape index (κ1) is 25.5. The minimum Gasteiger partial charge on any atom is -0.481 e. The van der Waals surface area contributed by atoms with E-state index in [1.165, 1.54) is 6.92 Å². The number of anilines is 1. The van der Waals surface area contributed by atoms with Crippen LogP contribution in [0.1, 0.15) is 31.7 Å². The van der Waals surface area contributed by atoms with Crippen molar-refractivity contribution in [3.63, 3.8) is 0 Å². The molecule has 3 atom stereocenters. The van der Waals surface area contributed by atoms with Crippen LogP contribution in [0.5, 0.6) is 0 Å². The molecule has 0 aromatic heterocycles. The number of benzene rings is 2. The molecule has 2 aromatic rings. The average molecular weight is 456 g/mol. The molecule has 9 heteroatoms. The lowest BCUT2D eigenvalue weighted by Gasteiger charge is -2.24. The van der Waals surface area contributed by atoms with Crippen molar-refractivity contribution in [3.05, 3.63) is 66.2 Å². The highest BCUT2D eigenvalue weighted by molar-refractivity contribution is 5.98. The van der Waals surface area contributed by atoms with Crippen molar-refractivity contribution in [2.24, 2.45) is 0 Å². The van der Waals surface area contributed by atoms with Gasteiger partial charge in [-0.3, -0.25) is 24.5 Å². The first-order valence-corrected chi connectivity index (χ1v) is 10.7. The average Bonchev–Trinajstić information content (AvgIpc) is 2.80. The van der Waals surface area contributed by atoms with Crippen molar-refractivity contribution in [1.29, 1.82) is 0 Å². The van der Waals surface area contributed by atoms with Crippen LogP contribution in [0.3, 0.4) is 0 Å². The molecule has 9 nitrogen and oxygen atoms in total. The Balaban J connectivity index is 2.13. The van der Waals surface area contributed by atoms with Crippen molar-refractivity contribution < 1.29 is 29.4 Å². The largest absolute Gasteiger partial charge is 0.481 e. The number of hydrogen-bond acceptors (Lipinski definition) is 5. The van der Waals surface area contributed by atoms with Gasteiger partial charge in [0.25, 0.3) is 0 Å². The molecule has 0 fully saturated rings. The summed E-state index contributed by atoms with van der Waals surface area (Å²) >= 11 is 0. The molecule has 5 N–H and O–H groups in total. The van der Waals surface area contributed by atoms with Crippen LogP contribution in [0.4, 0.5) is 5.69 Å². The lowest BCUT2D eigenvalue weighted by Crippen LogP contribution is -2.54. The standard InChI is InChI=1S/C24H29N3O6/c1-16(24(32)33)25-19(13-12-17-8-4-2-5-9-17)23(31)27-20(14-15-21(28)29)22(30)26-18-10-6-3-7-11-18/h2-11,16,19-20,25H,12-15H2,1H3,(H,26,30)(H,27,31)(H,28,29)(H,32,33)/t16-,19+,20+/m1/s1. The zero-order chi connectivity index (χ0) is 24.2. The van der Waals surface area contributed by atoms with E-state index >= 15 is 0 Å². The highest BCUT2D eigenvalue weighted by Crippen LogP contribution is 2.10. The Morgan fingerprint density at radius 3 is 2.00 bits per heavy atom. The fourth-order valence-electron chi connectivity index (χ4n) is 3.18. The van der Waals surface area contributed by atoms with Gasteiger partial charge in [0.2, 0.25) is 11.8 Å². The maximum atomic E-state index is 13.0. The van der Waals surface area contributed by atoms with Crippen molar-refractivity contribution in [2.75, 3.05) is 5.32 Å². The zero-order valence-corrected chi connectivity index (χ0v) is 18.4. The maximum Gasteiger partial charge on any atom is 0.320 e. The van der Waals surface area contributed by atoms with Gasteiger partial charge in [-0.15, -0.1) is 0 Å². The van der Waals surface area contributed by atoms with Gasteiger partial charge < -0.3 is 20.8 Å². The molecule has 0 saturated heterocycles. The van der Waals surface area contributed by atoms with Crippen molar-refractivity contribution in [1.82, 2.24) is 10.6 Å².